The SMILES string of the molecule is CCOC(=O)c1[nH]nc(-c2ccc([N+](=O)[O-])cc2)c1Br. The Balaban J connectivity index is 2.34. The first-order chi connectivity index (χ1) is 9.54. The highest BCUT2D eigenvalue weighted by molar-refractivity contribution is 9.10. The lowest BCUT2D eigenvalue weighted by Crippen LogP contribution is -2.05. The molecule has 1 heterocycles. The summed E-state index contributed by atoms with van der Waals surface area (Å²) in [6.45, 7) is 1.97. The molecule has 20 heavy (non-hydrogen) atoms. The van der Waals surface area contributed by atoms with Crippen LogP contribution in [0.2, 0.25) is 0 Å². The number of ether oxygens (including phenoxy) is 1. The number of carbonyl (C=O) groups is 1. The summed E-state index contributed by atoms with van der Waals surface area (Å²) < 4.78 is 5.34. The number of aromatic nitrogens is 2. The number of carbonyl (C=O) groups excluding carboxylic acids is 1. The summed E-state index contributed by atoms with van der Waals surface area (Å²) in [6, 6.07) is 5.88. The molecule has 0 radical (unpaired) electrons. The van der Waals surface area contributed by atoms with Crippen LogP contribution in [0, 0.1) is 10.1 Å². The van der Waals surface area contributed by atoms with Gasteiger partial charge in [-0.15, -0.1) is 0 Å². The van der Waals surface area contributed by atoms with E-state index in [-0.39, 0.29) is 18.0 Å². The molecular formula is C12H10BrN3O4. The Labute approximate surface area is 122 Å². The van der Waals surface area contributed by atoms with Crippen LogP contribution in [0.3, 0.4) is 0 Å². The molecule has 0 saturated carbocycles. The van der Waals surface area contributed by atoms with Crippen molar-refractivity contribution in [2.24, 2.45) is 0 Å². The third-order valence-corrected chi connectivity index (χ3v) is 3.31. The van der Waals surface area contributed by atoms with Gasteiger partial charge in [0.05, 0.1) is 16.0 Å². The minimum Gasteiger partial charge on any atom is -0.461 e. The number of esters is 1. The molecule has 1 aromatic carbocycles. The highest BCUT2D eigenvalue weighted by Crippen LogP contribution is 2.30. The summed E-state index contributed by atoms with van der Waals surface area (Å²) >= 11 is 3.28. The largest absolute Gasteiger partial charge is 0.461 e. The summed E-state index contributed by atoms with van der Waals surface area (Å²) in [7, 11) is 0. The number of nitro benzene ring substituents is 1. The summed E-state index contributed by atoms with van der Waals surface area (Å²) in [6.07, 6.45) is 0. The molecule has 1 aromatic heterocycles. The molecule has 0 spiro atoms. The van der Waals surface area contributed by atoms with Gasteiger partial charge in [-0.05, 0) is 35.0 Å². The van der Waals surface area contributed by atoms with Crippen LogP contribution in [0.1, 0.15) is 17.4 Å². The van der Waals surface area contributed by atoms with Crippen LogP contribution < -0.4 is 0 Å². The van der Waals surface area contributed by atoms with E-state index in [9.17, 15) is 14.9 Å². The van der Waals surface area contributed by atoms with E-state index >= 15 is 0 Å². The number of nitrogens with one attached hydrogen (secondary N) is 1. The molecule has 0 fully saturated rings. The maximum Gasteiger partial charge on any atom is 0.357 e. The molecule has 2 aromatic rings. The van der Waals surface area contributed by atoms with Crippen molar-refractivity contribution in [1.29, 1.82) is 0 Å². The first kappa shape index (κ1) is 14.2. The monoisotopic (exact) mass is 339 g/mol. The van der Waals surface area contributed by atoms with Gasteiger partial charge in [-0.1, -0.05) is 0 Å². The van der Waals surface area contributed by atoms with Crippen LogP contribution in [-0.4, -0.2) is 27.7 Å². The molecule has 8 heteroatoms. The number of benzene rings is 1. The smallest absolute Gasteiger partial charge is 0.357 e. The number of halogens is 1. The van der Waals surface area contributed by atoms with Crippen LogP contribution >= 0.6 is 15.9 Å². The van der Waals surface area contributed by atoms with Gasteiger partial charge in [-0.25, -0.2) is 4.79 Å². The predicted octanol–water partition coefficient (Wildman–Crippen LogP) is 2.92. The summed E-state index contributed by atoms with van der Waals surface area (Å²) in [5.74, 6) is -0.514. The maximum atomic E-state index is 11.6. The molecule has 7 nitrogen and oxygen atoms in total. The Hall–Kier alpha value is -2.22. The molecule has 0 atom stereocenters. The number of H-pyrrole nitrogens is 1. The van der Waals surface area contributed by atoms with Crippen LogP contribution in [0.15, 0.2) is 28.7 Å². The first-order valence-electron chi connectivity index (χ1n) is 5.70. The van der Waals surface area contributed by atoms with E-state index < -0.39 is 10.9 Å². The molecule has 0 saturated heterocycles. The Bertz CT molecular complexity index is 651. The van der Waals surface area contributed by atoms with Gasteiger partial charge in [0.2, 0.25) is 0 Å². The van der Waals surface area contributed by atoms with Crippen LogP contribution in [0.5, 0.6) is 0 Å². The second-order valence-electron chi connectivity index (χ2n) is 3.79. The molecule has 0 bridgehead atoms. The molecule has 2 rings (SSSR count). The molecule has 0 aliphatic heterocycles. The quantitative estimate of drug-likeness (QED) is 0.524. The highest BCUT2D eigenvalue weighted by atomic mass is 79.9. The molecule has 0 unspecified atom stereocenters. The van der Waals surface area contributed by atoms with Gasteiger partial charge in [0.1, 0.15) is 5.69 Å². The molecule has 1 N–H and O–H groups in total. The predicted molar refractivity (Wildman–Crippen MR) is 74.3 cm³/mol. The Morgan fingerprint density at radius 2 is 2.10 bits per heavy atom. The third kappa shape index (κ3) is 2.69. The summed E-state index contributed by atoms with van der Waals surface area (Å²) in [5.41, 5.74) is 1.34. The zero-order chi connectivity index (χ0) is 14.7. The van der Waals surface area contributed by atoms with Gasteiger partial charge >= 0.3 is 5.97 Å². The van der Waals surface area contributed by atoms with Crippen molar-refractivity contribution in [1.82, 2.24) is 10.2 Å². The third-order valence-electron chi connectivity index (χ3n) is 2.54. The van der Waals surface area contributed by atoms with Crippen molar-refractivity contribution in [3.8, 4) is 11.3 Å². The Morgan fingerprint density at radius 1 is 1.45 bits per heavy atom. The van der Waals surface area contributed by atoms with Crippen molar-refractivity contribution < 1.29 is 14.5 Å². The molecule has 104 valence electrons. The van der Waals surface area contributed by atoms with E-state index in [1.807, 2.05) is 0 Å². The van der Waals surface area contributed by atoms with E-state index in [1.54, 1.807) is 19.1 Å². The minimum absolute atomic E-state index is 0.00831. The zero-order valence-electron chi connectivity index (χ0n) is 10.4. The van der Waals surface area contributed by atoms with Crippen LogP contribution in [0.25, 0.3) is 11.3 Å². The van der Waals surface area contributed by atoms with Gasteiger partial charge in [0.25, 0.3) is 5.69 Å². The fourth-order valence-corrected chi connectivity index (χ4v) is 2.17. The fraction of sp³-hybridized carbons (Fsp3) is 0.167. The highest BCUT2D eigenvalue weighted by Gasteiger charge is 2.19. The molecule has 0 aliphatic carbocycles. The Kier molecular flexibility index (Phi) is 4.14. The lowest BCUT2D eigenvalue weighted by molar-refractivity contribution is -0.384. The van der Waals surface area contributed by atoms with Gasteiger partial charge in [0, 0.05) is 17.7 Å². The number of non-ortho nitro benzene ring substituents is 1. The first-order valence-corrected chi connectivity index (χ1v) is 6.49. The summed E-state index contributed by atoms with van der Waals surface area (Å²) in [5, 5.41) is 17.2. The van der Waals surface area contributed by atoms with E-state index in [4.69, 9.17) is 4.74 Å². The zero-order valence-corrected chi connectivity index (χ0v) is 12.0. The lowest BCUT2D eigenvalue weighted by atomic mass is 10.1. The normalized spacial score (nSPS) is 10.3. The van der Waals surface area contributed by atoms with Crippen molar-refractivity contribution in [2.45, 2.75) is 6.92 Å². The minimum atomic E-state index is -0.514. The maximum absolute atomic E-state index is 11.6. The van der Waals surface area contributed by atoms with E-state index in [2.05, 4.69) is 26.1 Å². The number of hydrogen-bond acceptors (Lipinski definition) is 5. The lowest BCUT2D eigenvalue weighted by Gasteiger charge is -2.00. The average molecular weight is 340 g/mol. The van der Waals surface area contributed by atoms with E-state index in [0.717, 1.165) is 0 Å². The van der Waals surface area contributed by atoms with Gasteiger partial charge < -0.3 is 4.74 Å². The Morgan fingerprint density at radius 3 is 2.65 bits per heavy atom. The molecule has 0 aliphatic rings. The second-order valence-corrected chi connectivity index (χ2v) is 4.58. The number of aromatic amines is 1. The van der Waals surface area contributed by atoms with Crippen molar-refractivity contribution in [3.63, 3.8) is 0 Å². The van der Waals surface area contributed by atoms with Gasteiger partial charge in [-0.2, -0.15) is 5.10 Å². The number of nitrogens with zero attached hydrogens (tertiary/aromatic N) is 2. The summed E-state index contributed by atoms with van der Waals surface area (Å²) in [4.78, 5) is 21.8. The van der Waals surface area contributed by atoms with Gasteiger partial charge in [0.15, 0.2) is 5.69 Å². The standard InChI is InChI=1S/C12H10BrN3O4/c1-2-20-12(17)11-9(13)10(14-15-11)7-3-5-8(6-4-7)16(18)19/h3-6H,2H2,1H3,(H,14,15). The number of hydrogen-bond donors (Lipinski definition) is 1. The fourth-order valence-electron chi connectivity index (χ4n) is 1.60. The van der Waals surface area contributed by atoms with E-state index in [0.29, 0.717) is 15.7 Å². The van der Waals surface area contributed by atoms with Crippen molar-refractivity contribution >= 4 is 27.6 Å². The number of rotatable bonds is 4. The van der Waals surface area contributed by atoms with Gasteiger partial charge in [-0.3, -0.25) is 15.2 Å². The number of nitro groups is 1. The topological polar surface area (TPSA) is 98.1 Å². The average Bonchev–Trinajstić information content (AvgIpc) is 2.81. The molecule has 0 amide bonds. The second kappa shape index (κ2) is 5.83. The van der Waals surface area contributed by atoms with E-state index in [1.165, 1.54) is 12.1 Å². The van der Waals surface area contributed by atoms with Crippen molar-refractivity contribution in [2.75, 3.05) is 6.61 Å². The van der Waals surface area contributed by atoms with Crippen LogP contribution in [0.4, 0.5) is 5.69 Å². The molecular weight excluding hydrogens is 330 g/mol. The van der Waals surface area contributed by atoms with Crippen LogP contribution in [-0.2, 0) is 4.74 Å². The van der Waals surface area contributed by atoms with Crippen molar-refractivity contribution in [3.05, 3.63) is 44.5 Å².